The number of carbonyl (C=O) groups is 1. The summed E-state index contributed by atoms with van der Waals surface area (Å²) in [6.07, 6.45) is 1.67. The molecule has 0 saturated carbocycles. The molecule has 0 aliphatic rings. The van der Waals surface area contributed by atoms with Crippen molar-refractivity contribution < 1.29 is 9.21 Å². The first-order valence-corrected chi connectivity index (χ1v) is 9.58. The van der Waals surface area contributed by atoms with Crippen molar-refractivity contribution in [1.29, 1.82) is 0 Å². The highest BCUT2D eigenvalue weighted by atomic mass is 79.9. The van der Waals surface area contributed by atoms with Crippen LogP contribution in [0.1, 0.15) is 15.9 Å². The summed E-state index contributed by atoms with van der Waals surface area (Å²) >= 11 is 3.43. The van der Waals surface area contributed by atoms with Gasteiger partial charge in [-0.05, 0) is 43.3 Å². The van der Waals surface area contributed by atoms with E-state index in [0.717, 1.165) is 21.3 Å². The Morgan fingerprint density at radius 1 is 0.964 bits per heavy atom. The number of oxazole rings is 1. The lowest BCUT2D eigenvalue weighted by Crippen LogP contribution is -2.13. The van der Waals surface area contributed by atoms with Gasteiger partial charge in [0.25, 0.3) is 5.91 Å². The third-order valence-electron chi connectivity index (χ3n) is 4.35. The number of amides is 1. The number of hydrogen-bond donors (Lipinski definition) is 1. The normalized spacial score (nSPS) is 10.6. The second kappa shape index (κ2) is 7.82. The lowest BCUT2D eigenvalue weighted by Gasteiger charge is -2.08. The molecule has 4 aromatic rings. The molecule has 0 unspecified atom stereocenters. The predicted molar refractivity (Wildman–Crippen MR) is 114 cm³/mol. The standard InChI is InChI=1S/C23H17BrN2O2/c1-15-6-12-18(13-7-15)26-22(27)19-4-2-3-5-20(19)23-25-14-21(28-23)16-8-10-17(24)11-9-16/h2-14H,1H3,(H,26,27). The van der Waals surface area contributed by atoms with Gasteiger partial charge in [-0.15, -0.1) is 0 Å². The number of benzene rings is 3. The van der Waals surface area contributed by atoms with Crippen LogP contribution in [0.3, 0.4) is 0 Å². The zero-order chi connectivity index (χ0) is 19.5. The average Bonchev–Trinajstić information content (AvgIpc) is 3.20. The number of nitrogens with one attached hydrogen (secondary N) is 1. The maximum Gasteiger partial charge on any atom is 0.256 e. The minimum atomic E-state index is -0.206. The van der Waals surface area contributed by atoms with Crippen molar-refractivity contribution in [3.05, 3.63) is 94.6 Å². The molecule has 0 atom stereocenters. The zero-order valence-electron chi connectivity index (χ0n) is 15.1. The molecular weight excluding hydrogens is 416 g/mol. The molecule has 0 radical (unpaired) electrons. The van der Waals surface area contributed by atoms with Gasteiger partial charge in [0.2, 0.25) is 5.89 Å². The van der Waals surface area contributed by atoms with Crippen LogP contribution in [0, 0.1) is 6.92 Å². The van der Waals surface area contributed by atoms with Gasteiger partial charge in [0, 0.05) is 21.3 Å². The van der Waals surface area contributed by atoms with Crippen LogP contribution in [0.4, 0.5) is 5.69 Å². The van der Waals surface area contributed by atoms with E-state index in [2.05, 4.69) is 26.2 Å². The van der Waals surface area contributed by atoms with Gasteiger partial charge >= 0.3 is 0 Å². The van der Waals surface area contributed by atoms with E-state index in [-0.39, 0.29) is 5.91 Å². The van der Waals surface area contributed by atoms with Crippen LogP contribution in [0.15, 0.2) is 87.9 Å². The van der Waals surface area contributed by atoms with Gasteiger partial charge in [0.15, 0.2) is 5.76 Å². The summed E-state index contributed by atoms with van der Waals surface area (Å²) in [5.74, 6) is 0.853. The number of rotatable bonds is 4. The minimum absolute atomic E-state index is 0.206. The summed E-state index contributed by atoms with van der Waals surface area (Å²) in [6, 6.07) is 22.8. The van der Waals surface area contributed by atoms with Crippen LogP contribution in [0.2, 0.25) is 0 Å². The molecule has 0 fully saturated rings. The first-order chi connectivity index (χ1) is 13.6. The van der Waals surface area contributed by atoms with E-state index in [4.69, 9.17) is 4.42 Å². The van der Waals surface area contributed by atoms with Gasteiger partial charge in [-0.25, -0.2) is 4.98 Å². The number of nitrogens with zero attached hydrogens (tertiary/aromatic N) is 1. The molecule has 3 aromatic carbocycles. The number of aromatic nitrogens is 1. The van der Waals surface area contributed by atoms with Gasteiger partial charge < -0.3 is 9.73 Å². The molecule has 0 spiro atoms. The molecule has 0 saturated heterocycles. The van der Waals surface area contributed by atoms with Crippen molar-refractivity contribution in [3.8, 4) is 22.8 Å². The fourth-order valence-corrected chi connectivity index (χ4v) is 3.11. The van der Waals surface area contributed by atoms with Gasteiger partial charge in [0.1, 0.15) is 0 Å². The monoisotopic (exact) mass is 432 g/mol. The Labute approximate surface area is 171 Å². The Hall–Kier alpha value is -3.18. The van der Waals surface area contributed by atoms with E-state index >= 15 is 0 Å². The van der Waals surface area contributed by atoms with E-state index in [9.17, 15) is 4.79 Å². The van der Waals surface area contributed by atoms with E-state index in [1.54, 1.807) is 12.3 Å². The molecule has 138 valence electrons. The Morgan fingerprint density at radius 3 is 2.43 bits per heavy atom. The second-order valence-electron chi connectivity index (χ2n) is 6.40. The third-order valence-corrected chi connectivity index (χ3v) is 4.87. The number of hydrogen-bond acceptors (Lipinski definition) is 3. The minimum Gasteiger partial charge on any atom is -0.436 e. The molecule has 0 aliphatic carbocycles. The lowest BCUT2D eigenvalue weighted by molar-refractivity contribution is 0.102. The van der Waals surface area contributed by atoms with Crippen LogP contribution >= 0.6 is 15.9 Å². The lowest BCUT2D eigenvalue weighted by atomic mass is 10.1. The van der Waals surface area contributed by atoms with E-state index in [1.165, 1.54) is 0 Å². The SMILES string of the molecule is Cc1ccc(NC(=O)c2ccccc2-c2ncc(-c3ccc(Br)cc3)o2)cc1. The summed E-state index contributed by atoms with van der Waals surface area (Å²) in [5.41, 5.74) is 3.96. The molecule has 5 heteroatoms. The maximum atomic E-state index is 12.8. The largest absolute Gasteiger partial charge is 0.436 e. The highest BCUT2D eigenvalue weighted by Crippen LogP contribution is 2.29. The Kier molecular flexibility index (Phi) is 5.08. The summed E-state index contributed by atoms with van der Waals surface area (Å²) in [5, 5.41) is 2.93. The number of aryl methyl sites for hydroxylation is 1. The van der Waals surface area contributed by atoms with Crippen LogP contribution in [-0.4, -0.2) is 10.9 Å². The van der Waals surface area contributed by atoms with Crippen molar-refractivity contribution in [2.75, 3.05) is 5.32 Å². The van der Waals surface area contributed by atoms with Crippen molar-refractivity contribution >= 4 is 27.5 Å². The summed E-state index contributed by atoms with van der Waals surface area (Å²) in [4.78, 5) is 17.2. The van der Waals surface area contributed by atoms with Crippen molar-refractivity contribution in [2.24, 2.45) is 0 Å². The molecule has 0 bridgehead atoms. The Morgan fingerprint density at radius 2 is 1.68 bits per heavy atom. The van der Waals surface area contributed by atoms with E-state index < -0.39 is 0 Å². The Balaban J connectivity index is 1.63. The average molecular weight is 433 g/mol. The molecule has 4 rings (SSSR count). The topological polar surface area (TPSA) is 55.1 Å². The molecule has 1 N–H and O–H groups in total. The van der Waals surface area contributed by atoms with Crippen LogP contribution < -0.4 is 5.32 Å². The van der Waals surface area contributed by atoms with Gasteiger partial charge in [0.05, 0.1) is 11.8 Å². The van der Waals surface area contributed by atoms with Crippen LogP contribution in [-0.2, 0) is 0 Å². The first kappa shape index (κ1) is 18.2. The quantitative estimate of drug-likeness (QED) is 0.409. The molecule has 1 aromatic heterocycles. The molecule has 4 nitrogen and oxygen atoms in total. The van der Waals surface area contributed by atoms with Crippen LogP contribution in [0.25, 0.3) is 22.8 Å². The number of anilines is 1. The van der Waals surface area contributed by atoms with Gasteiger partial charge in [-0.2, -0.15) is 0 Å². The molecular formula is C23H17BrN2O2. The predicted octanol–water partition coefficient (Wildman–Crippen LogP) is 6.33. The summed E-state index contributed by atoms with van der Waals surface area (Å²) in [6.45, 7) is 2.01. The summed E-state index contributed by atoms with van der Waals surface area (Å²) in [7, 11) is 0. The van der Waals surface area contributed by atoms with Crippen molar-refractivity contribution in [1.82, 2.24) is 4.98 Å². The fourth-order valence-electron chi connectivity index (χ4n) is 2.85. The third kappa shape index (κ3) is 3.89. The Bertz CT molecular complexity index is 1120. The highest BCUT2D eigenvalue weighted by Gasteiger charge is 2.17. The maximum absolute atomic E-state index is 12.8. The number of halogens is 1. The van der Waals surface area contributed by atoms with Gasteiger partial charge in [-0.3, -0.25) is 4.79 Å². The molecule has 0 aliphatic heterocycles. The highest BCUT2D eigenvalue weighted by molar-refractivity contribution is 9.10. The smallest absolute Gasteiger partial charge is 0.256 e. The van der Waals surface area contributed by atoms with E-state index in [1.807, 2.05) is 73.7 Å². The zero-order valence-corrected chi connectivity index (χ0v) is 16.7. The summed E-state index contributed by atoms with van der Waals surface area (Å²) < 4.78 is 6.94. The number of carbonyl (C=O) groups excluding carboxylic acids is 1. The second-order valence-corrected chi connectivity index (χ2v) is 7.32. The first-order valence-electron chi connectivity index (χ1n) is 8.79. The van der Waals surface area contributed by atoms with Gasteiger partial charge in [-0.1, -0.05) is 57.9 Å². The molecule has 1 amide bonds. The molecule has 28 heavy (non-hydrogen) atoms. The van der Waals surface area contributed by atoms with Crippen molar-refractivity contribution in [2.45, 2.75) is 6.92 Å². The fraction of sp³-hybridized carbons (Fsp3) is 0.0435. The van der Waals surface area contributed by atoms with Crippen molar-refractivity contribution in [3.63, 3.8) is 0 Å². The van der Waals surface area contributed by atoms with Crippen LogP contribution in [0.5, 0.6) is 0 Å². The van der Waals surface area contributed by atoms with E-state index in [0.29, 0.717) is 22.8 Å². The molecule has 1 heterocycles.